The minimum absolute atomic E-state index is 0.159. The van der Waals surface area contributed by atoms with Gasteiger partial charge in [0.05, 0.1) is 13.7 Å². The average molecular weight is 370 g/mol. The largest absolute Gasteiger partial charge is 0.497 e. The van der Waals surface area contributed by atoms with Crippen molar-refractivity contribution < 1.29 is 9.53 Å². The first-order valence-electron chi connectivity index (χ1n) is 9.64. The summed E-state index contributed by atoms with van der Waals surface area (Å²) in [5.41, 5.74) is 0.760. The highest BCUT2D eigenvalue weighted by molar-refractivity contribution is 5.89. The maximum absolute atomic E-state index is 12.2. The molecule has 1 aromatic carbocycles. The molecule has 0 aromatic heterocycles. The molecule has 3 fully saturated rings. The Morgan fingerprint density at radius 3 is 2.81 bits per heavy atom. The molecule has 146 valence electrons. The number of hydrogen-bond donors (Lipinski definition) is 2. The van der Waals surface area contributed by atoms with E-state index in [0.29, 0.717) is 25.0 Å². The first-order chi connectivity index (χ1) is 13.1. The van der Waals surface area contributed by atoms with Gasteiger partial charge in [-0.15, -0.1) is 6.42 Å². The van der Waals surface area contributed by atoms with Gasteiger partial charge in [0.1, 0.15) is 5.75 Å². The molecule has 0 radical (unpaired) electrons. The zero-order chi connectivity index (χ0) is 19.2. The van der Waals surface area contributed by atoms with Crippen LogP contribution in [0.15, 0.2) is 24.3 Å². The minimum atomic E-state index is -0.159. The van der Waals surface area contributed by atoms with E-state index in [4.69, 9.17) is 11.2 Å². The molecule has 1 unspecified atom stereocenters. The van der Waals surface area contributed by atoms with Crippen LogP contribution in [0.2, 0.25) is 0 Å². The fraction of sp³-hybridized carbons (Fsp3) is 0.571. The zero-order valence-electron chi connectivity index (χ0n) is 16.3. The number of carbonyl (C=O) groups is 1. The Labute approximate surface area is 162 Å². The molecular formula is C21H30N4O2. The molecular weight excluding hydrogens is 340 g/mol. The third-order valence-electron chi connectivity index (χ3n) is 5.77. The van der Waals surface area contributed by atoms with Crippen molar-refractivity contribution in [1.82, 2.24) is 15.1 Å². The highest BCUT2D eigenvalue weighted by atomic mass is 16.5. The molecule has 1 aromatic rings. The van der Waals surface area contributed by atoms with Crippen molar-refractivity contribution in [2.75, 3.05) is 52.2 Å². The van der Waals surface area contributed by atoms with E-state index in [1.54, 1.807) is 7.11 Å². The molecule has 6 nitrogen and oxygen atoms in total. The summed E-state index contributed by atoms with van der Waals surface area (Å²) >= 11 is 0. The van der Waals surface area contributed by atoms with E-state index in [2.05, 4.69) is 33.4 Å². The Morgan fingerprint density at radius 1 is 1.41 bits per heavy atom. The van der Waals surface area contributed by atoms with Gasteiger partial charge in [0.15, 0.2) is 0 Å². The highest BCUT2D eigenvalue weighted by Gasteiger charge is 2.40. The van der Waals surface area contributed by atoms with E-state index >= 15 is 0 Å². The summed E-state index contributed by atoms with van der Waals surface area (Å²) in [4.78, 5) is 17.0. The van der Waals surface area contributed by atoms with Crippen molar-refractivity contribution in [1.29, 1.82) is 0 Å². The lowest BCUT2D eigenvalue weighted by Gasteiger charge is -2.50. The zero-order valence-corrected chi connectivity index (χ0v) is 16.3. The van der Waals surface area contributed by atoms with Crippen LogP contribution in [-0.2, 0) is 0 Å². The highest BCUT2D eigenvalue weighted by Crippen LogP contribution is 2.36. The van der Waals surface area contributed by atoms with Crippen LogP contribution in [0.25, 0.3) is 0 Å². The molecule has 4 rings (SSSR count). The monoisotopic (exact) mass is 370 g/mol. The quantitative estimate of drug-likeness (QED) is 0.722. The molecule has 6 heteroatoms. The van der Waals surface area contributed by atoms with E-state index in [0.717, 1.165) is 43.4 Å². The molecule has 2 N–H and O–H groups in total. The van der Waals surface area contributed by atoms with Gasteiger partial charge in [-0.25, -0.2) is 4.79 Å². The molecule has 0 spiro atoms. The number of piperidine rings is 3. The van der Waals surface area contributed by atoms with Gasteiger partial charge in [0.25, 0.3) is 0 Å². The number of rotatable bonds is 7. The maximum atomic E-state index is 12.2. The summed E-state index contributed by atoms with van der Waals surface area (Å²) in [5.74, 6) is 4.90. The average Bonchev–Trinajstić information content (AvgIpc) is 2.68. The molecule has 2 bridgehead atoms. The molecule has 3 saturated heterocycles. The smallest absolute Gasteiger partial charge is 0.319 e. The first-order valence-corrected chi connectivity index (χ1v) is 9.64. The van der Waals surface area contributed by atoms with Crippen LogP contribution in [0.1, 0.15) is 12.8 Å². The van der Waals surface area contributed by atoms with Gasteiger partial charge < -0.3 is 15.4 Å². The van der Waals surface area contributed by atoms with Gasteiger partial charge in [-0.3, -0.25) is 9.80 Å². The number of fused-ring (bicyclic) bond motifs is 3. The number of nitrogens with zero attached hydrogens (tertiary/aromatic N) is 2. The number of ether oxygens (including phenoxy) is 1. The van der Waals surface area contributed by atoms with Gasteiger partial charge in [-0.05, 0) is 62.5 Å². The van der Waals surface area contributed by atoms with E-state index in [9.17, 15) is 4.79 Å². The van der Waals surface area contributed by atoms with E-state index < -0.39 is 0 Å². The molecule has 3 heterocycles. The van der Waals surface area contributed by atoms with Crippen molar-refractivity contribution in [2.24, 2.45) is 11.8 Å². The fourth-order valence-corrected chi connectivity index (χ4v) is 4.35. The normalized spacial score (nSPS) is 26.4. The van der Waals surface area contributed by atoms with Gasteiger partial charge in [-0.2, -0.15) is 0 Å². The number of terminal acetylenes is 1. The lowest BCUT2D eigenvalue weighted by Crippen LogP contribution is -2.58. The minimum Gasteiger partial charge on any atom is -0.497 e. The predicted octanol–water partition coefficient (Wildman–Crippen LogP) is 2.09. The lowest BCUT2D eigenvalue weighted by atomic mass is 9.75. The fourth-order valence-electron chi connectivity index (χ4n) is 4.35. The van der Waals surface area contributed by atoms with Crippen LogP contribution >= 0.6 is 0 Å². The number of anilines is 1. The number of nitrogens with one attached hydrogen (secondary N) is 2. The maximum Gasteiger partial charge on any atom is 0.319 e. The van der Waals surface area contributed by atoms with E-state index in [1.807, 2.05) is 24.3 Å². The Bertz CT molecular complexity index is 670. The van der Waals surface area contributed by atoms with Crippen LogP contribution in [0.5, 0.6) is 5.75 Å². The second-order valence-corrected chi connectivity index (χ2v) is 7.66. The number of hydrogen-bond acceptors (Lipinski definition) is 4. The summed E-state index contributed by atoms with van der Waals surface area (Å²) in [7, 11) is 3.72. The van der Waals surface area contributed by atoms with E-state index in [-0.39, 0.29) is 6.03 Å². The van der Waals surface area contributed by atoms with Crippen LogP contribution in [0.4, 0.5) is 10.5 Å². The van der Waals surface area contributed by atoms with Gasteiger partial charge in [-0.1, -0.05) is 5.92 Å². The number of benzene rings is 1. The third kappa shape index (κ3) is 5.15. The Balaban J connectivity index is 1.44. The first kappa shape index (κ1) is 19.5. The molecule has 0 aliphatic carbocycles. The Hall–Kier alpha value is -2.23. The molecule has 2 amide bonds. The summed E-state index contributed by atoms with van der Waals surface area (Å²) in [6, 6.07) is 7.61. The van der Waals surface area contributed by atoms with Gasteiger partial charge in [0, 0.05) is 31.4 Å². The molecule has 27 heavy (non-hydrogen) atoms. The van der Waals surface area contributed by atoms with E-state index in [1.165, 1.54) is 6.42 Å². The second-order valence-electron chi connectivity index (χ2n) is 7.66. The van der Waals surface area contributed by atoms with Crippen molar-refractivity contribution in [3.8, 4) is 18.1 Å². The predicted molar refractivity (Wildman–Crippen MR) is 108 cm³/mol. The lowest BCUT2D eigenvalue weighted by molar-refractivity contribution is -0.00692. The second kappa shape index (κ2) is 9.12. The topological polar surface area (TPSA) is 56.8 Å². The molecule has 3 aliphatic rings. The third-order valence-corrected chi connectivity index (χ3v) is 5.77. The van der Waals surface area contributed by atoms with Crippen molar-refractivity contribution in [2.45, 2.75) is 18.9 Å². The Morgan fingerprint density at radius 2 is 2.19 bits per heavy atom. The number of methoxy groups -OCH3 is 1. The van der Waals surface area contributed by atoms with Gasteiger partial charge >= 0.3 is 6.03 Å². The van der Waals surface area contributed by atoms with Crippen molar-refractivity contribution in [3.63, 3.8) is 0 Å². The summed E-state index contributed by atoms with van der Waals surface area (Å²) < 4.78 is 5.13. The number of carbonyl (C=O) groups excluding carboxylic acids is 1. The molecule has 4 atom stereocenters. The molecule has 3 aliphatic heterocycles. The molecule has 0 saturated carbocycles. The van der Waals surface area contributed by atoms with Crippen LogP contribution in [0.3, 0.4) is 0 Å². The van der Waals surface area contributed by atoms with Crippen LogP contribution < -0.4 is 15.4 Å². The van der Waals surface area contributed by atoms with Gasteiger partial charge in [0.2, 0.25) is 0 Å². The van der Waals surface area contributed by atoms with Crippen LogP contribution in [-0.4, -0.2) is 68.8 Å². The number of urea groups is 1. The summed E-state index contributed by atoms with van der Waals surface area (Å²) in [5, 5.41) is 5.91. The van der Waals surface area contributed by atoms with Crippen molar-refractivity contribution in [3.05, 3.63) is 24.3 Å². The standard InChI is InChI=1S/C21H30N4O2/c1-4-10-24(2)14-17-15-25-11-9-16(17)12-19(25)13-22-21(26)23-18-5-7-20(27-3)8-6-18/h1,5-8,16-17,19H,9-15H2,2-3H3,(H2,22,23,26)/t16-,17-,19+/m0/s1. The van der Waals surface area contributed by atoms with Crippen LogP contribution in [0, 0.1) is 24.2 Å². The number of amides is 2. The summed E-state index contributed by atoms with van der Waals surface area (Å²) in [6.45, 7) is 4.69. The SMILES string of the molecule is C#CCN(C)C[C@H]1CN2CC[C@H]1C[C@@H]2CNC(=O)Nc1ccc(OC)cc1. The van der Waals surface area contributed by atoms with Crippen molar-refractivity contribution >= 4 is 11.7 Å². The Kier molecular flexibility index (Phi) is 6.59. The summed E-state index contributed by atoms with van der Waals surface area (Å²) in [6.07, 6.45) is 7.82.